The third kappa shape index (κ3) is 3.56. The van der Waals surface area contributed by atoms with E-state index in [0.29, 0.717) is 24.2 Å². The fourth-order valence-corrected chi connectivity index (χ4v) is 6.80. The molecule has 4 rings (SSSR count). The summed E-state index contributed by atoms with van der Waals surface area (Å²) in [6.07, 6.45) is 0. The number of halogens is 4. The highest BCUT2D eigenvalue weighted by Crippen LogP contribution is 2.45. The molecule has 29 heavy (non-hydrogen) atoms. The molecule has 0 radical (unpaired) electrons. The van der Waals surface area contributed by atoms with Gasteiger partial charge in [0.25, 0.3) is 0 Å². The molecular formula is C21H10I4O4. The summed E-state index contributed by atoms with van der Waals surface area (Å²) < 4.78 is 9.34. The van der Waals surface area contributed by atoms with E-state index in [1.165, 1.54) is 0 Å². The molecule has 0 fully saturated rings. The smallest absolute Gasteiger partial charge is 0.336 e. The lowest BCUT2D eigenvalue weighted by Crippen LogP contribution is -2.25. The molecule has 0 unspecified atom stereocenters. The molecule has 3 aromatic rings. The summed E-state index contributed by atoms with van der Waals surface area (Å²) in [6, 6.07) is 10.8. The van der Waals surface area contributed by atoms with Crippen molar-refractivity contribution in [1.82, 2.24) is 0 Å². The molecule has 0 aromatic heterocycles. The van der Waals surface area contributed by atoms with Crippen LogP contribution in [0.15, 0.2) is 36.4 Å². The van der Waals surface area contributed by atoms with Gasteiger partial charge in [-0.15, -0.1) is 0 Å². The van der Waals surface area contributed by atoms with Crippen LogP contribution in [-0.4, -0.2) is 16.2 Å². The minimum atomic E-state index is -0.996. The lowest BCUT2D eigenvalue weighted by Gasteiger charge is -2.25. The Hall–Kier alpha value is -0.610. The van der Waals surface area contributed by atoms with Crippen LogP contribution in [-0.2, 0) is 0 Å². The van der Waals surface area contributed by atoms with Crippen LogP contribution in [0.1, 0.15) is 21.5 Å². The van der Waals surface area contributed by atoms with Crippen molar-refractivity contribution in [1.29, 1.82) is 0 Å². The van der Waals surface area contributed by atoms with Gasteiger partial charge in [-0.3, -0.25) is 0 Å². The Morgan fingerprint density at radius 1 is 0.931 bits per heavy atom. The van der Waals surface area contributed by atoms with Crippen LogP contribution in [0.2, 0.25) is 0 Å². The Kier molecular flexibility index (Phi) is 6.07. The molecule has 1 aliphatic rings. The van der Waals surface area contributed by atoms with Crippen molar-refractivity contribution in [2.24, 2.45) is 0 Å². The van der Waals surface area contributed by atoms with Crippen LogP contribution in [0, 0.1) is 14.3 Å². The molecule has 3 aromatic carbocycles. The zero-order valence-corrected chi connectivity index (χ0v) is 23.0. The molecule has 146 valence electrons. The van der Waals surface area contributed by atoms with E-state index in [9.17, 15) is 15.0 Å². The van der Waals surface area contributed by atoms with E-state index in [1.807, 2.05) is 24.3 Å². The number of benzene rings is 3. The van der Waals surface area contributed by atoms with Gasteiger partial charge in [-0.1, -0.05) is 24.8 Å². The fraction of sp³-hybridized carbons (Fsp3) is 0. The van der Waals surface area contributed by atoms with Crippen LogP contribution < -0.4 is 15.2 Å². The average Bonchev–Trinajstić information content (AvgIpc) is 2.69. The molecule has 0 saturated carbocycles. The van der Waals surface area contributed by atoms with Gasteiger partial charge in [0.05, 0.1) is 16.3 Å². The maximum Gasteiger partial charge on any atom is 0.336 e. The van der Waals surface area contributed by atoms with E-state index < -0.39 is 5.97 Å². The quantitative estimate of drug-likeness (QED) is 0.271. The largest absolute Gasteiger partial charge is 0.506 e. The van der Waals surface area contributed by atoms with Crippen LogP contribution >= 0.6 is 90.4 Å². The van der Waals surface area contributed by atoms with E-state index in [-0.39, 0.29) is 11.3 Å². The van der Waals surface area contributed by atoms with Crippen molar-refractivity contribution >= 4 is 108 Å². The first-order chi connectivity index (χ1) is 13.7. The van der Waals surface area contributed by atoms with Crippen molar-refractivity contribution in [2.75, 3.05) is 0 Å². The Morgan fingerprint density at radius 3 is 2.31 bits per heavy atom. The van der Waals surface area contributed by atoms with Gasteiger partial charge in [0.2, 0.25) is 0 Å². The highest BCUT2D eigenvalue weighted by atomic mass is 127. The second-order valence-corrected chi connectivity index (χ2v) is 10.7. The maximum atomic E-state index is 12.0. The number of hydrogen-bond donors (Lipinski definition) is 2. The molecular weight excluding hydrogens is 824 g/mol. The maximum absolute atomic E-state index is 12.0. The Bertz CT molecular complexity index is 1330. The summed E-state index contributed by atoms with van der Waals surface area (Å²) in [6.45, 7) is 4.13. The molecule has 1 heterocycles. The number of hydrogen-bond acceptors (Lipinski definition) is 3. The van der Waals surface area contributed by atoms with E-state index in [2.05, 4.69) is 96.9 Å². The number of carboxylic acids is 1. The first kappa shape index (κ1) is 21.6. The third-order valence-corrected chi connectivity index (χ3v) is 8.51. The Labute approximate surface area is 220 Å². The summed E-state index contributed by atoms with van der Waals surface area (Å²) >= 11 is 8.57. The van der Waals surface area contributed by atoms with Crippen molar-refractivity contribution in [3.8, 4) is 17.2 Å². The number of aromatic carboxylic acids is 1. The number of aromatic hydroxyl groups is 1. The van der Waals surface area contributed by atoms with Gasteiger partial charge in [-0.05, 0) is 119 Å². The molecule has 0 aliphatic carbocycles. The van der Waals surface area contributed by atoms with Gasteiger partial charge < -0.3 is 14.9 Å². The van der Waals surface area contributed by atoms with E-state index in [1.54, 1.807) is 12.1 Å². The fourth-order valence-electron chi connectivity index (χ4n) is 3.23. The second kappa shape index (κ2) is 8.15. The number of rotatable bonds is 2. The normalized spacial score (nSPS) is 12.2. The lowest BCUT2D eigenvalue weighted by molar-refractivity contribution is 0.0696. The van der Waals surface area contributed by atoms with Crippen LogP contribution in [0.25, 0.3) is 12.2 Å². The molecule has 0 spiro atoms. The number of ether oxygens (including phenoxy) is 1. The number of carbonyl (C=O) groups is 1. The Morgan fingerprint density at radius 2 is 1.62 bits per heavy atom. The molecule has 4 nitrogen and oxygen atoms in total. The zero-order chi connectivity index (χ0) is 21.0. The van der Waals surface area contributed by atoms with Crippen molar-refractivity contribution < 1.29 is 19.7 Å². The molecule has 2 N–H and O–H groups in total. The standard InChI is InChI=1S/C21H10I4O4/c1-8-13(22)6-11-15(9-4-2-3-5-10(9)21(27)28)12-7-14(23)18(26)17(25)20(12)29-19(11)16(8)24/h2-7,26H,1H2,(H,27,28). The van der Waals surface area contributed by atoms with Gasteiger partial charge in [0.15, 0.2) is 5.75 Å². The van der Waals surface area contributed by atoms with Gasteiger partial charge >= 0.3 is 5.97 Å². The average molecular weight is 834 g/mol. The van der Waals surface area contributed by atoms with E-state index >= 15 is 0 Å². The van der Waals surface area contributed by atoms with Crippen molar-refractivity contribution in [2.45, 2.75) is 0 Å². The van der Waals surface area contributed by atoms with Gasteiger partial charge in [0.1, 0.15) is 11.5 Å². The van der Waals surface area contributed by atoms with Crippen molar-refractivity contribution in [3.63, 3.8) is 0 Å². The predicted molar refractivity (Wildman–Crippen MR) is 145 cm³/mol. The zero-order valence-electron chi connectivity index (χ0n) is 14.4. The van der Waals surface area contributed by atoms with Crippen LogP contribution in [0.5, 0.6) is 17.2 Å². The van der Waals surface area contributed by atoms with E-state index in [0.717, 1.165) is 28.7 Å². The monoisotopic (exact) mass is 834 g/mol. The summed E-state index contributed by atoms with van der Waals surface area (Å²) in [7, 11) is 0. The predicted octanol–water partition coefficient (Wildman–Crippen LogP) is 5.27. The molecule has 0 bridgehead atoms. The molecule has 0 amide bonds. The van der Waals surface area contributed by atoms with E-state index in [4.69, 9.17) is 4.74 Å². The number of phenolic OH excluding ortho intramolecular Hbond substituents is 1. The van der Waals surface area contributed by atoms with Gasteiger partial charge in [-0.2, -0.15) is 0 Å². The third-order valence-electron chi connectivity index (χ3n) is 4.59. The molecule has 0 atom stereocenters. The van der Waals surface area contributed by atoms with Crippen LogP contribution in [0.3, 0.4) is 0 Å². The summed E-state index contributed by atoms with van der Waals surface area (Å²) in [5, 5.41) is 21.9. The highest BCUT2D eigenvalue weighted by molar-refractivity contribution is 14.1. The van der Waals surface area contributed by atoms with Gasteiger partial charge in [-0.25, -0.2) is 4.79 Å². The second-order valence-electron chi connectivity index (χ2n) is 6.25. The SMILES string of the molecule is C=c1c(I)cc2c(c1I)Oc1c(cc(I)c(O)c1I)C=2c1ccccc1C(=O)O. The topological polar surface area (TPSA) is 66.8 Å². The minimum Gasteiger partial charge on any atom is -0.506 e. The summed E-state index contributed by atoms with van der Waals surface area (Å²) in [5.41, 5.74) is 2.33. The lowest BCUT2D eigenvalue weighted by atomic mass is 9.89. The number of carboxylic acid groups (broad SMARTS) is 1. The molecule has 8 heteroatoms. The van der Waals surface area contributed by atoms with Gasteiger partial charge in [0, 0.05) is 19.9 Å². The summed E-state index contributed by atoms with van der Waals surface area (Å²) in [5.74, 6) is 0.292. The summed E-state index contributed by atoms with van der Waals surface area (Å²) in [4.78, 5) is 12.0. The minimum absolute atomic E-state index is 0.148. The first-order valence-electron chi connectivity index (χ1n) is 8.15. The van der Waals surface area contributed by atoms with Crippen LogP contribution in [0.4, 0.5) is 0 Å². The number of fused-ring (bicyclic) bond motifs is 2. The first-order valence-corrected chi connectivity index (χ1v) is 12.5. The Balaban J connectivity index is 2.28. The highest BCUT2D eigenvalue weighted by Gasteiger charge is 2.29. The number of phenols is 1. The molecule has 1 aliphatic heterocycles. The van der Waals surface area contributed by atoms with Crippen molar-refractivity contribution in [3.05, 3.63) is 77.8 Å². The molecule has 0 saturated heterocycles.